The van der Waals surface area contributed by atoms with Crippen molar-refractivity contribution in [1.29, 1.82) is 0 Å². The van der Waals surface area contributed by atoms with Gasteiger partial charge in [-0.25, -0.2) is 4.79 Å². The quantitative estimate of drug-likeness (QED) is 0.485. The maximum absolute atomic E-state index is 10.1. The van der Waals surface area contributed by atoms with Crippen LogP contribution in [-0.2, 0) is 29.2 Å². The molecule has 2 aliphatic heterocycles. The number of hydrogen-bond donors (Lipinski definition) is 1. The van der Waals surface area contributed by atoms with Crippen molar-refractivity contribution >= 4 is 17.5 Å². The predicted molar refractivity (Wildman–Crippen MR) is 47.2 cm³/mol. The summed E-state index contributed by atoms with van der Waals surface area (Å²) in [6.45, 7) is 1.17. The van der Waals surface area contributed by atoms with Crippen LogP contribution in [0.4, 0.5) is 0 Å². The van der Waals surface area contributed by atoms with E-state index in [2.05, 4.69) is 0 Å². The van der Waals surface area contributed by atoms with Crippen LogP contribution in [0.15, 0.2) is 0 Å². The first-order valence-corrected chi connectivity index (χ1v) is 8.87. The molecular weight excluding hydrogens is 275 g/mol. The van der Waals surface area contributed by atoms with Gasteiger partial charge in [-0.15, -0.1) is 0 Å². The Hall–Kier alpha value is -0.567. The van der Waals surface area contributed by atoms with Gasteiger partial charge in [0, 0.05) is 0 Å². The summed E-state index contributed by atoms with van der Waals surface area (Å²) in [4.78, 5) is 29.9. The molecule has 14 heavy (non-hydrogen) atoms. The number of carboxylic acid groups (broad SMARTS) is 1. The van der Waals surface area contributed by atoms with E-state index in [0.717, 1.165) is 0 Å². The van der Waals surface area contributed by atoms with Crippen LogP contribution in [0.2, 0.25) is 20.1 Å². The van der Waals surface area contributed by atoms with Crippen LogP contribution < -0.4 is 0 Å². The number of hydrogen-bond acceptors (Lipinski definition) is 3. The number of aliphatic carboxylic acids is 1. The SMILES string of the molecule is CC(=O)CC(=O)C(=O)O.[CH2]1[CH2][Rh]12[CH2][CH2]2. The molecule has 2 aliphatic rings. The Morgan fingerprint density at radius 2 is 1.57 bits per heavy atom. The van der Waals surface area contributed by atoms with Gasteiger partial charge < -0.3 is 5.11 Å². The summed E-state index contributed by atoms with van der Waals surface area (Å²) in [7, 11) is 0. The third-order valence-corrected chi connectivity index (χ3v) is 8.20. The van der Waals surface area contributed by atoms with E-state index in [1.54, 1.807) is 20.1 Å². The molecule has 0 bridgehead atoms. The first-order valence-electron chi connectivity index (χ1n) is 4.24. The number of carbonyl (C=O) groups is 3. The van der Waals surface area contributed by atoms with Crippen LogP contribution in [0.3, 0.4) is 0 Å². The van der Waals surface area contributed by atoms with E-state index >= 15 is 0 Å². The molecule has 0 unspecified atom stereocenters. The molecule has 2 fully saturated rings. The summed E-state index contributed by atoms with van der Waals surface area (Å²) in [6.07, 6.45) is -0.505. The van der Waals surface area contributed by atoms with Crippen molar-refractivity contribution in [2.24, 2.45) is 0 Å². The standard InChI is InChI=1S/C5H6O4.2C2H4.Rh/c1-3(6)2-4(7)5(8)9;2*1-2;/h2H2,1H3,(H,8,9);2*1-2H2;. The Bertz CT molecular complexity index is 263. The zero-order valence-corrected chi connectivity index (χ0v) is 9.68. The topological polar surface area (TPSA) is 71.4 Å². The number of ketones is 2. The molecule has 0 atom stereocenters. The average Bonchev–Trinajstić information content (AvgIpc) is 2.94. The van der Waals surface area contributed by atoms with E-state index in [-0.39, 0.29) is 14.8 Å². The summed E-state index contributed by atoms with van der Waals surface area (Å²) < 4.78 is 0. The number of carboxylic acids is 1. The van der Waals surface area contributed by atoms with Crippen LogP contribution in [-0.4, -0.2) is 22.6 Å². The molecule has 5 heteroatoms. The first-order chi connectivity index (χ1) is 6.45. The molecule has 0 amide bonds. The van der Waals surface area contributed by atoms with E-state index in [0.29, 0.717) is 0 Å². The summed E-state index contributed by atoms with van der Waals surface area (Å²) in [6, 6.07) is 0. The molecule has 0 aromatic rings. The van der Waals surface area contributed by atoms with Crippen LogP contribution in [0.25, 0.3) is 0 Å². The zero-order valence-electron chi connectivity index (χ0n) is 8.04. The Labute approximate surface area is 85.5 Å². The minimum absolute atomic E-state index is 0.280. The second-order valence-corrected chi connectivity index (χ2v) is 11.5. The molecule has 0 saturated carbocycles. The van der Waals surface area contributed by atoms with Gasteiger partial charge in [-0.1, -0.05) is 0 Å². The van der Waals surface area contributed by atoms with Crippen molar-refractivity contribution in [3.8, 4) is 0 Å². The number of Topliss-reactive ketones (excluding diaryl/α,β-unsaturated/α-hetero) is 2. The summed E-state index contributed by atoms with van der Waals surface area (Å²) in [5.41, 5.74) is 0. The molecule has 83 valence electrons. The number of carbonyl (C=O) groups excluding carboxylic acids is 2. The fraction of sp³-hybridized carbons (Fsp3) is 0.667. The molecule has 1 N–H and O–H groups in total. The van der Waals surface area contributed by atoms with Crippen molar-refractivity contribution in [2.45, 2.75) is 33.4 Å². The van der Waals surface area contributed by atoms with Gasteiger partial charge in [0.25, 0.3) is 0 Å². The monoisotopic (exact) mass is 289 g/mol. The summed E-state index contributed by atoms with van der Waals surface area (Å²) >= 11 is -0.280. The molecule has 2 saturated heterocycles. The van der Waals surface area contributed by atoms with Gasteiger partial charge in [-0.3, -0.25) is 9.59 Å². The molecular formula is C9H14O4Rh. The van der Waals surface area contributed by atoms with Gasteiger partial charge in [0.2, 0.25) is 5.78 Å². The van der Waals surface area contributed by atoms with Gasteiger partial charge in [-0.05, 0) is 6.92 Å². The van der Waals surface area contributed by atoms with E-state index in [9.17, 15) is 14.4 Å². The number of rotatable bonds is 3. The van der Waals surface area contributed by atoms with Crippen molar-refractivity contribution < 1.29 is 34.3 Å². The minimum atomic E-state index is -1.55. The van der Waals surface area contributed by atoms with Crippen molar-refractivity contribution in [3.05, 3.63) is 0 Å². The van der Waals surface area contributed by atoms with Crippen LogP contribution in [0, 0.1) is 0 Å². The van der Waals surface area contributed by atoms with E-state index < -0.39 is 24.0 Å². The molecule has 0 aliphatic carbocycles. The Morgan fingerprint density at radius 3 is 1.64 bits per heavy atom. The van der Waals surface area contributed by atoms with Gasteiger partial charge in [0.1, 0.15) is 5.78 Å². The van der Waals surface area contributed by atoms with Gasteiger partial charge in [-0.2, -0.15) is 0 Å². The molecule has 4 nitrogen and oxygen atoms in total. The molecule has 0 aromatic heterocycles. The van der Waals surface area contributed by atoms with E-state index in [1.165, 1.54) is 6.92 Å². The normalized spacial score (nSPS) is 21.5. The van der Waals surface area contributed by atoms with Crippen LogP contribution in [0.5, 0.6) is 0 Å². The maximum atomic E-state index is 10.1. The van der Waals surface area contributed by atoms with Crippen LogP contribution >= 0.6 is 0 Å². The molecule has 0 radical (unpaired) electrons. The fourth-order valence-electron chi connectivity index (χ4n) is 0.792. The van der Waals surface area contributed by atoms with Crippen molar-refractivity contribution in [3.63, 3.8) is 0 Å². The summed E-state index contributed by atoms with van der Waals surface area (Å²) in [5.74, 6) is -3.03. The average molecular weight is 289 g/mol. The van der Waals surface area contributed by atoms with Crippen molar-refractivity contribution in [2.75, 3.05) is 0 Å². The van der Waals surface area contributed by atoms with Crippen molar-refractivity contribution in [1.82, 2.24) is 0 Å². The molecule has 2 heterocycles. The fourth-order valence-corrected chi connectivity index (χ4v) is 7.77. The third-order valence-electron chi connectivity index (χ3n) is 1.92. The second-order valence-electron chi connectivity index (χ2n) is 3.27. The van der Waals surface area contributed by atoms with Crippen LogP contribution in [0.1, 0.15) is 13.3 Å². The Kier molecular flexibility index (Phi) is 3.54. The van der Waals surface area contributed by atoms with E-state index in [1.807, 2.05) is 0 Å². The Balaban J connectivity index is 0.000000159. The van der Waals surface area contributed by atoms with Gasteiger partial charge in [0.05, 0.1) is 6.42 Å². The molecule has 2 rings (SSSR count). The first kappa shape index (κ1) is 11.5. The zero-order chi connectivity index (χ0) is 10.8. The second kappa shape index (κ2) is 4.30. The van der Waals surface area contributed by atoms with Gasteiger partial charge in [0.15, 0.2) is 0 Å². The molecule has 1 spiro atoms. The van der Waals surface area contributed by atoms with Gasteiger partial charge >= 0.3 is 40.8 Å². The summed E-state index contributed by atoms with van der Waals surface area (Å²) in [5, 5.41) is 14.8. The van der Waals surface area contributed by atoms with E-state index in [4.69, 9.17) is 5.11 Å². The Morgan fingerprint density at radius 1 is 1.14 bits per heavy atom. The third kappa shape index (κ3) is 4.10. The molecule has 0 aromatic carbocycles. The predicted octanol–water partition coefficient (Wildman–Crippen LogP) is 1.46.